The molecule has 0 heterocycles. The molecule has 2 N–H and O–H groups in total. The molecule has 0 amide bonds. The fraction of sp³-hybridized carbons (Fsp3) is 0.350. The molecule has 0 saturated carbocycles. The van der Waals surface area contributed by atoms with Crippen LogP contribution in [0.25, 0.3) is 0 Å². The van der Waals surface area contributed by atoms with Crippen molar-refractivity contribution in [2.75, 3.05) is 27.3 Å². The number of nitrogens with zero attached hydrogens (tertiary/aromatic N) is 1. The van der Waals surface area contributed by atoms with E-state index in [1.807, 2.05) is 42.5 Å². The molecule has 0 bridgehead atoms. The van der Waals surface area contributed by atoms with Crippen molar-refractivity contribution in [3.05, 3.63) is 59.7 Å². The van der Waals surface area contributed by atoms with Crippen molar-refractivity contribution < 1.29 is 9.47 Å². The van der Waals surface area contributed by atoms with Gasteiger partial charge >= 0.3 is 0 Å². The Hall–Kier alpha value is -1.96. The van der Waals surface area contributed by atoms with Crippen LogP contribution in [0.1, 0.15) is 17.5 Å². The normalized spacial score (nSPS) is 10.7. The minimum atomic E-state index is 0. The Morgan fingerprint density at radius 1 is 1.04 bits per heavy atom. The number of guanidine groups is 1. The Morgan fingerprint density at radius 3 is 2.50 bits per heavy atom. The standard InChI is InChI=1S/C20H27N3O2.HI/c1-16-12-17(14-19(13-16)24-3)15-23-20(21-2)22-10-7-11-25-18-8-5-4-6-9-18;/h4-6,8-9,12-14H,7,10-11,15H2,1-3H3,(H2,21,22,23);1H. The number of hydrogen-bond donors (Lipinski definition) is 2. The number of benzene rings is 2. The Labute approximate surface area is 173 Å². The van der Waals surface area contributed by atoms with E-state index in [0.717, 1.165) is 36.0 Å². The first-order valence-corrected chi connectivity index (χ1v) is 8.48. The van der Waals surface area contributed by atoms with Crippen LogP contribution in [0.4, 0.5) is 0 Å². The molecule has 5 nitrogen and oxygen atoms in total. The van der Waals surface area contributed by atoms with Gasteiger partial charge in [0.2, 0.25) is 0 Å². The van der Waals surface area contributed by atoms with E-state index in [1.54, 1.807) is 14.2 Å². The molecule has 2 aromatic carbocycles. The Morgan fingerprint density at radius 2 is 1.81 bits per heavy atom. The van der Waals surface area contributed by atoms with E-state index in [0.29, 0.717) is 13.2 Å². The fourth-order valence-corrected chi connectivity index (χ4v) is 2.44. The molecule has 0 aliphatic rings. The number of halogens is 1. The van der Waals surface area contributed by atoms with Gasteiger partial charge in [-0.15, -0.1) is 24.0 Å². The molecule has 0 fully saturated rings. The summed E-state index contributed by atoms with van der Waals surface area (Å²) in [5.74, 6) is 2.55. The summed E-state index contributed by atoms with van der Waals surface area (Å²) in [5.41, 5.74) is 2.34. The molecule has 0 radical (unpaired) electrons. The first kappa shape index (κ1) is 22.1. The quantitative estimate of drug-likeness (QED) is 0.268. The summed E-state index contributed by atoms with van der Waals surface area (Å²) in [6.45, 7) is 4.22. The monoisotopic (exact) mass is 469 g/mol. The molecule has 142 valence electrons. The van der Waals surface area contributed by atoms with Gasteiger partial charge in [-0.25, -0.2) is 0 Å². The lowest BCUT2D eigenvalue weighted by Gasteiger charge is -2.13. The van der Waals surface area contributed by atoms with Crippen molar-refractivity contribution in [2.45, 2.75) is 19.9 Å². The van der Waals surface area contributed by atoms with Crippen LogP contribution in [-0.4, -0.2) is 33.3 Å². The van der Waals surface area contributed by atoms with Gasteiger partial charge in [0.25, 0.3) is 0 Å². The van der Waals surface area contributed by atoms with Gasteiger partial charge in [-0.2, -0.15) is 0 Å². The van der Waals surface area contributed by atoms with Crippen LogP contribution in [0.5, 0.6) is 11.5 Å². The number of hydrogen-bond acceptors (Lipinski definition) is 3. The van der Waals surface area contributed by atoms with Gasteiger partial charge in [0.1, 0.15) is 11.5 Å². The summed E-state index contributed by atoms with van der Waals surface area (Å²) in [6.07, 6.45) is 0.897. The van der Waals surface area contributed by atoms with Crippen LogP contribution >= 0.6 is 24.0 Å². The van der Waals surface area contributed by atoms with E-state index in [4.69, 9.17) is 9.47 Å². The van der Waals surface area contributed by atoms with Gasteiger partial charge in [0.15, 0.2) is 5.96 Å². The van der Waals surface area contributed by atoms with E-state index in [9.17, 15) is 0 Å². The Kier molecular flexibility index (Phi) is 10.5. The smallest absolute Gasteiger partial charge is 0.191 e. The van der Waals surface area contributed by atoms with E-state index in [2.05, 4.69) is 28.6 Å². The van der Waals surface area contributed by atoms with Gasteiger partial charge in [0, 0.05) is 20.1 Å². The Balaban J connectivity index is 0.00000338. The summed E-state index contributed by atoms with van der Waals surface area (Å²) >= 11 is 0. The minimum absolute atomic E-state index is 0. The molecule has 0 spiro atoms. The molecular weight excluding hydrogens is 441 g/mol. The number of ether oxygens (including phenoxy) is 2. The zero-order chi connectivity index (χ0) is 17.9. The topological polar surface area (TPSA) is 54.9 Å². The molecule has 2 aromatic rings. The van der Waals surface area contributed by atoms with Crippen molar-refractivity contribution in [1.82, 2.24) is 10.6 Å². The number of nitrogens with one attached hydrogen (secondary N) is 2. The zero-order valence-electron chi connectivity index (χ0n) is 15.6. The zero-order valence-corrected chi connectivity index (χ0v) is 17.9. The summed E-state index contributed by atoms with van der Waals surface area (Å²) in [6, 6.07) is 16.0. The van der Waals surface area contributed by atoms with Crippen molar-refractivity contribution in [3.63, 3.8) is 0 Å². The lowest BCUT2D eigenvalue weighted by atomic mass is 10.1. The van der Waals surface area contributed by atoms with Gasteiger partial charge < -0.3 is 20.1 Å². The van der Waals surface area contributed by atoms with Crippen molar-refractivity contribution in [3.8, 4) is 11.5 Å². The van der Waals surface area contributed by atoms with Crippen LogP contribution in [0.3, 0.4) is 0 Å². The highest BCUT2D eigenvalue weighted by atomic mass is 127. The maximum absolute atomic E-state index is 5.68. The molecule has 0 aromatic heterocycles. The van der Waals surface area contributed by atoms with Gasteiger partial charge in [0.05, 0.1) is 13.7 Å². The lowest BCUT2D eigenvalue weighted by Crippen LogP contribution is -2.37. The highest BCUT2D eigenvalue weighted by molar-refractivity contribution is 14.0. The van der Waals surface area contributed by atoms with Gasteiger partial charge in [-0.3, -0.25) is 4.99 Å². The van der Waals surface area contributed by atoms with Crippen LogP contribution < -0.4 is 20.1 Å². The maximum Gasteiger partial charge on any atom is 0.191 e. The third kappa shape index (κ3) is 7.95. The highest BCUT2D eigenvalue weighted by Crippen LogP contribution is 2.16. The molecule has 0 atom stereocenters. The molecule has 6 heteroatoms. The summed E-state index contributed by atoms with van der Waals surface area (Å²) in [5, 5.41) is 6.61. The van der Waals surface area contributed by atoms with E-state index in [1.165, 1.54) is 5.56 Å². The number of aliphatic imine (C=N–C) groups is 1. The average molecular weight is 469 g/mol. The molecule has 0 saturated heterocycles. The summed E-state index contributed by atoms with van der Waals surface area (Å²) < 4.78 is 11.0. The minimum Gasteiger partial charge on any atom is -0.497 e. The molecule has 26 heavy (non-hydrogen) atoms. The van der Waals surface area contributed by atoms with Crippen LogP contribution in [0.15, 0.2) is 53.5 Å². The molecule has 0 unspecified atom stereocenters. The second kappa shape index (κ2) is 12.4. The third-order valence-corrected chi connectivity index (χ3v) is 3.66. The van der Waals surface area contributed by atoms with E-state index >= 15 is 0 Å². The van der Waals surface area contributed by atoms with Gasteiger partial charge in [-0.05, 0) is 48.7 Å². The highest BCUT2D eigenvalue weighted by Gasteiger charge is 2.01. The van der Waals surface area contributed by atoms with Crippen molar-refractivity contribution in [2.24, 2.45) is 4.99 Å². The average Bonchev–Trinajstić information content (AvgIpc) is 2.64. The molecule has 2 rings (SSSR count). The lowest BCUT2D eigenvalue weighted by molar-refractivity contribution is 0.311. The SMILES string of the molecule is CN=C(NCCCOc1ccccc1)NCc1cc(C)cc(OC)c1.I. The van der Waals surface area contributed by atoms with Crippen LogP contribution in [0, 0.1) is 6.92 Å². The van der Waals surface area contributed by atoms with Gasteiger partial charge in [-0.1, -0.05) is 24.3 Å². The second-order valence-corrected chi connectivity index (χ2v) is 5.73. The predicted molar refractivity (Wildman–Crippen MR) is 118 cm³/mol. The number of para-hydroxylation sites is 1. The van der Waals surface area contributed by atoms with Crippen LogP contribution in [-0.2, 0) is 6.54 Å². The first-order valence-electron chi connectivity index (χ1n) is 8.48. The van der Waals surface area contributed by atoms with E-state index in [-0.39, 0.29) is 24.0 Å². The summed E-state index contributed by atoms with van der Waals surface area (Å²) in [4.78, 5) is 4.25. The predicted octanol–water partition coefficient (Wildman–Crippen LogP) is 3.76. The first-order chi connectivity index (χ1) is 12.2. The number of aryl methyl sites for hydroxylation is 1. The second-order valence-electron chi connectivity index (χ2n) is 5.73. The number of rotatable bonds is 8. The third-order valence-electron chi connectivity index (χ3n) is 3.66. The van der Waals surface area contributed by atoms with E-state index < -0.39 is 0 Å². The molecule has 0 aliphatic carbocycles. The Bertz CT molecular complexity index is 678. The summed E-state index contributed by atoms with van der Waals surface area (Å²) in [7, 11) is 3.45. The van der Waals surface area contributed by atoms with Crippen LogP contribution in [0.2, 0.25) is 0 Å². The molecule has 0 aliphatic heterocycles. The largest absolute Gasteiger partial charge is 0.497 e. The van der Waals surface area contributed by atoms with Crippen molar-refractivity contribution in [1.29, 1.82) is 0 Å². The molecular formula is C20H28IN3O2. The maximum atomic E-state index is 5.68. The number of methoxy groups -OCH3 is 1. The van der Waals surface area contributed by atoms with Crippen molar-refractivity contribution >= 4 is 29.9 Å². The fourth-order valence-electron chi connectivity index (χ4n) is 2.44.